The molecule has 0 amide bonds. The number of carboxylic acids is 1. The van der Waals surface area contributed by atoms with Gasteiger partial charge in [0.1, 0.15) is 5.82 Å². The molecule has 1 heterocycles. The molecule has 94 valence electrons. The molecule has 0 aliphatic heterocycles. The SMILES string of the molecule is Cc1cc(C)c(-c2nc(C(=O)O)cn2C)c(C)c1. The van der Waals surface area contributed by atoms with Crippen LogP contribution >= 0.6 is 0 Å². The van der Waals surface area contributed by atoms with Crippen molar-refractivity contribution in [2.45, 2.75) is 20.8 Å². The number of carboxylic acid groups (broad SMARTS) is 1. The van der Waals surface area contributed by atoms with E-state index in [9.17, 15) is 4.79 Å². The van der Waals surface area contributed by atoms with Crippen molar-refractivity contribution in [1.82, 2.24) is 9.55 Å². The fourth-order valence-corrected chi connectivity index (χ4v) is 2.33. The summed E-state index contributed by atoms with van der Waals surface area (Å²) >= 11 is 0. The molecule has 0 aliphatic carbocycles. The minimum Gasteiger partial charge on any atom is -0.476 e. The largest absolute Gasteiger partial charge is 0.476 e. The van der Waals surface area contributed by atoms with Gasteiger partial charge in [-0.3, -0.25) is 0 Å². The summed E-state index contributed by atoms with van der Waals surface area (Å²) in [7, 11) is 1.81. The Morgan fingerprint density at radius 1 is 1.22 bits per heavy atom. The first-order valence-corrected chi connectivity index (χ1v) is 5.75. The third kappa shape index (κ3) is 2.01. The molecule has 0 unspecified atom stereocenters. The lowest BCUT2D eigenvalue weighted by molar-refractivity contribution is 0.0691. The van der Waals surface area contributed by atoms with Crippen LogP contribution in [0.1, 0.15) is 27.2 Å². The lowest BCUT2D eigenvalue weighted by Crippen LogP contribution is -1.97. The fourth-order valence-electron chi connectivity index (χ4n) is 2.33. The number of nitrogens with zero attached hydrogens (tertiary/aromatic N) is 2. The first-order valence-electron chi connectivity index (χ1n) is 5.75. The molecule has 0 aliphatic rings. The molecule has 1 N–H and O–H groups in total. The van der Waals surface area contributed by atoms with Gasteiger partial charge >= 0.3 is 5.97 Å². The van der Waals surface area contributed by atoms with Crippen LogP contribution in [0.4, 0.5) is 0 Å². The van der Waals surface area contributed by atoms with Crippen LogP contribution in [0.15, 0.2) is 18.3 Å². The molecule has 0 bridgehead atoms. The minimum atomic E-state index is -1.00. The highest BCUT2D eigenvalue weighted by atomic mass is 16.4. The van der Waals surface area contributed by atoms with E-state index in [2.05, 4.69) is 17.1 Å². The fraction of sp³-hybridized carbons (Fsp3) is 0.286. The van der Waals surface area contributed by atoms with Crippen LogP contribution in [0.3, 0.4) is 0 Å². The van der Waals surface area contributed by atoms with Crippen LogP contribution in [0.2, 0.25) is 0 Å². The molecule has 0 radical (unpaired) electrons. The van der Waals surface area contributed by atoms with E-state index in [-0.39, 0.29) is 5.69 Å². The highest BCUT2D eigenvalue weighted by Gasteiger charge is 2.16. The van der Waals surface area contributed by atoms with Crippen molar-refractivity contribution >= 4 is 5.97 Å². The number of rotatable bonds is 2. The second-order valence-corrected chi connectivity index (χ2v) is 4.64. The Balaban J connectivity index is 2.66. The van der Waals surface area contributed by atoms with Crippen molar-refractivity contribution in [3.05, 3.63) is 40.7 Å². The van der Waals surface area contributed by atoms with Crippen LogP contribution in [0.5, 0.6) is 0 Å². The van der Waals surface area contributed by atoms with Crippen molar-refractivity contribution < 1.29 is 9.90 Å². The van der Waals surface area contributed by atoms with Gasteiger partial charge in [0, 0.05) is 18.8 Å². The molecular formula is C14H16N2O2. The molecule has 2 aromatic rings. The first kappa shape index (κ1) is 12.4. The number of imidazole rings is 1. The Hall–Kier alpha value is -2.10. The van der Waals surface area contributed by atoms with Crippen molar-refractivity contribution in [1.29, 1.82) is 0 Å². The zero-order valence-electron chi connectivity index (χ0n) is 11.0. The number of benzene rings is 1. The van der Waals surface area contributed by atoms with Gasteiger partial charge in [0.25, 0.3) is 0 Å². The summed E-state index contributed by atoms with van der Waals surface area (Å²) in [5.74, 6) is -0.304. The zero-order chi connectivity index (χ0) is 13.4. The number of hydrogen-bond acceptors (Lipinski definition) is 2. The maximum absolute atomic E-state index is 10.9. The van der Waals surface area contributed by atoms with Gasteiger partial charge < -0.3 is 9.67 Å². The smallest absolute Gasteiger partial charge is 0.356 e. The summed E-state index contributed by atoms with van der Waals surface area (Å²) in [6.07, 6.45) is 1.54. The summed E-state index contributed by atoms with van der Waals surface area (Å²) in [5.41, 5.74) is 4.50. The summed E-state index contributed by atoms with van der Waals surface area (Å²) < 4.78 is 1.76. The molecule has 18 heavy (non-hydrogen) atoms. The molecule has 0 atom stereocenters. The topological polar surface area (TPSA) is 55.1 Å². The van der Waals surface area contributed by atoms with E-state index in [1.807, 2.05) is 27.8 Å². The lowest BCUT2D eigenvalue weighted by atomic mass is 9.99. The average Bonchev–Trinajstić information content (AvgIpc) is 2.59. The van der Waals surface area contributed by atoms with Crippen LogP contribution < -0.4 is 0 Å². The number of aromatic carboxylic acids is 1. The molecule has 0 saturated carbocycles. The summed E-state index contributed by atoms with van der Waals surface area (Å²) in [6, 6.07) is 4.16. The quantitative estimate of drug-likeness (QED) is 0.883. The first-order chi connectivity index (χ1) is 8.40. The van der Waals surface area contributed by atoms with Gasteiger partial charge in [-0.25, -0.2) is 9.78 Å². The molecular weight excluding hydrogens is 228 g/mol. The Morgan fingerprint density at radius 3 is 2.22 bits per heavy atom. The zero-order valence-corrected chi connectivity index (χ0v) is 11.0. The van der Waals surface area contributed by atoms with Gasteiger partial charge in [-0.05, 0) is 31.9 Å². The predicted octanol–water partition coefficient (Wildman–Crippen LogP) is 2.71. The van der Waals surface area contributed by atoms with E-state index in [4.69, 9.17) is 5.11 Å². The van der Waals surface area contributed by atoms with E-state index in [0.717, 1.165) is 16.7 Å². The van der Waals surface area contributed by atoms with Gasteiger partial charge in [-0.15, -0.1) is 0 Å². The van der Waals surface area contributed by atoms with E-state index < -0.39 is 5.97 Å². The summed E-state index contributed by atoms with van der Waals surface area (Å²) in [6.45, 7) is 6.08. The predicted molar refractivity (Wildman–Crippen MR) is 69.8 cm³/mol. The maximum Gasteiger partial charge on any atom is 0.356 e. The van der Waals surface area contributed by atoms with Crippen molar-refractivity contribution in [3.63, 3.8) is 0 Å². The molecule has 0 saturated heterocycles. The normalized spacial score (nSPS) is 10.7. The maximum atomic E-state index is 10.9. The number of aryl methyl sites for hydroxylation is 4. The summed E-state index contributed by atoms with van der Waals surface area (Å²) in [4.78, 5) is 15.1. The molecule has 0 spiro atoms. The average molecular weight is 244 g/mol. The van der Waals surface area contributed by atoms with Gasteiger partial charge in [-0.2, -0.15) is 0 Å². The highest BCUT2D eigenvalue weighted by Crippen LogP contribution is 2.27. The summed E-state index contributed by atoms with van der Waals surface area (Å²) in [5, 5.41) is 8.98. The standard InChI is InChI=1S/C14H16N2O2/c1-8-5-9(2)12(10(3)6-8)13-15-11(14(17)18)7-16(13)4/h5-7H,1-4H3,(H,17,18). The monoisotopic (exact) mass is 244 g/mol. The minimum absolute atomic E-state index is 0.0758. The van der Waals surface area contributed by atoms with Crippen LogP contribution in [0, 0.1) is 20.8 Å². The third-order valence-corrected chi connectivity index (χ3v) is 3.00. The Labute approximate surface area is 106 Å². The van der Waals surface area contributed by atoms with Crippen LogP contribution in [-0.2, 0) is 7.05 Å². The second kappa shape index (κ2) is 4.29. The van der Waals surface area contributed by atoms with E-state index in [1.54, 1.807) is 4.57 Å². The van der Waals surface area contributed by atoms with Crippen LogP contribution in [-0.4, -0.2) is 20.6 Å². The van der Waals surface area contributed by atoms with Crippen molar-refractivity contribution in [3.8, 4) is 11.4 Å². The van der Waals surface area contributed by atoms with Crippen molar-refractivity contribution in [2.75, 3.05) is 0 Å². The van der Waals surface area contributed by atoms with Crippen molar-refractivity contribution in [2.24, 2.45) is 7.05 Å². The Bertz CT molecular complexity index is 604. The number of hydrogen-bond donors (Lipinski definition) is 1. The van der Waals surface area contributed by atoms with Gasteiger partial charge in [-0.1, -0.05) is 17.7 Å². The highest BCUT2D eigenvalue weighted by molar-refractivity contribution is 5.86. The Kier molecular flexibility index (Phi) is 2.95. The third-order valence-electron chi connectivity index (χ3n) is 3.00. The van der Waals surface area contributed by atoms with E-state index in [1.165, 1.54) is 11.8 Å². The number of aromatic nitrogens is 2. The molecule has 1 aromatic heterocycles. The molecule has 1 aromatic carbocycles. The van der Waals surface area contributed by atoms with Crippen LogP contribution in [0.25, 0.3) is 11.4 Å². The van der Waals surface area contributed by atoms with Gasteiger partial charge in [0.15, 0.2) is 5.69 Å². The lowest BCUT2D eigenvalue weighted by Gasteiger charge is -2.10. The molecule has 0 fully saturated rings. The number of carbonyl (C=O) groups is 1. The second-order valence-electron chi connectivity index (χ2n) is 4.64. The molecule has 2 rings (SSSR count). The molecule has 4 heteroatoms. The van der Waals surface area contributed by atoms with E-state index >= 15 is 0 Å². The van der Waals surface area contributed by atoms with E-state index in [0.29, 0.717) is 5.82 Å². The van der Waals surface area contributed by atoms with Gasteiger partial charge in [0.05, 0.1) is 0 Å². The molecule has 4 nitrogen and oxygen atoms in total. The Morgan fingerprint density at radius 2 is 1.78 bits per heavy atom. The van der Waals surface area contributed by atoms with Gasteiger partial charge in [0.2, 0.25) is 0 Å².